The van der Waals surface area contributed by atoms with E-state index in [0.29, 0.717) is 44.9 Å². The predicted octanol–water partition coefficient (Wildman–Crippen LogP) is 0.692. The third-order valence-electron chi connectivity index (χ3n) is 5.14. The third-order valence-corrected chi connectivity index (χ3v) is 5.14. The van der Waals surface area contributed by atoms with Crippen LogP contribution in [0.2, 0.25) is 0 Å². The van der Waals surface area contributed by atoms with Gasteiger partial charge < -0.3 is 19.3 Å². The van der Waals surface area contributed by atoms with E-state index in [-0.39, 0.29) is 5.91 Å². The standard InChI is InChI=1S/C18H30N4O3/c1-15(2)17-19-5-8-21(17)6-3-16(23)22-7-4-18(24,14-22)13-20-9-11-25-12-10-20/h5,8,15,24H,3-4,6-7,9-14H2,1-2H3/t18-/m0/s1. The summed E-state index contributed by atoms with van der Waals surface area (Å²) in [6.07, 6.45) is 4.82. The van der Waals surface area contributed by atoms with Crippen molar-refractivity contribution in [3.8, 4) is 0 Å². The molecule has 2 saturated heterocycles. The predicted molar refractivity (Wildman–Crippen MR) is 94.3 cm³/mol. The average molecular weight is 350 g/mol. The van der Waals surface area contributed by atoms with Crippen LogP contribution in [-0.2, 0) is 16.1 Å². The van der Waals surface area contributed by atoms with Gasteiger partial charge in [-0.15, -0.1) is 0 Å². The van der Waals surface area contributed by atoms with Gasteiger partial charge in [0.15, 0.2) is 0 Å². The number of aryl methyl sites for hydroxylation is 1. The molecule has 2 aliphatic heterocycles. The first-order chi connectivity index (χ1) is 12.0. The van der Waals surface area contributed by atoms with Crippen molar-refractivity contribution < 1.29 is 14.6 Å². The lowest BCUT2D eigenvalue weighted by molar-refractivity contribution is -0.131. The first-order valence-corrected chi connectivity index (χ1v) is 9.28. The zero-order valence-corrected chi connectivity index (χ0v) is 15.4. The van der Waals surface area contributed by atoms with Gasteiger partial charge in [-0.25, -0.2) is 4.98 Å². The topological polar surface area (TPSA) is 70.8 Å². The smallest absolute Gasteiger partial charge is 0.224 e. The minimum atomic E-state index is -0.787. The molecule has 0 saturated carbocycles. The molecule has 2 aliphatic rings. The third kappa shape index (κ3) is 4.59. The van der Waals surface area contributed by atoms with Crippen LogP contribution in [0.3, 0.4) is 0 Å². The van der Waals surface area contributed by atoms with E-state index in [1.54, 1.807) is 6.20 Å². The van der Waals surface area contributed by atoms with Crippen LogP contribution in [0, 0.1) is 0 Å². The molecule has 1 aromatic heterocycles. The number of hydrogen-bond acceptors (Lipinski definition) is 5. The summed E-state index contributed by atoms with van der Waals surface area (Å²) in [5, 5.41) is 10.8. The van der Waals surface area contributed by atoms with Crippen LogP contribution in [0.5, 0.6) is 0 Å². The average Bonchev–Trinajstić information content (AvgIpc) is 3.20. The first kappa shape index (κ1) is 18.4. The van der Waals surface area contributed by atoms with Crippen LogP contribution in [0.25, 0.3) is 0 Å². The molecule has 1 aromatic rings. The van der Waals surface area contributed by atoms with Crippen molar-refractivity contribution in [2.45, 2.75) is 44.8 Å². The van der Waals surface area contributed by atoms with E-state index in [2.05, 4.69) is 28.3 Å². The molecule has 1 N–H and O–H groups in total. The summed E-state index contributed by atoms with van der Waals surface area (Å²) in [4.78, 5) is 21.0. The molecule has 0 radical (unpaired) electrons. The number of imidazole rings is 1. The summed E-state index contributed by atoms with van der Waals surface area (Å²) >= 11 is 0. The fourth-order valence-corrected chi connectivity index (χ4v) is 3.76. The molecule has 0 aliphatic carbocycles. The number of ether oxygens (including phenoxy) is 1. The van der Waals surface area contributed by atoms with E-state index in [1.807, 2.05) is 11.1 Å². The number of carbonyl (C=O) groups is 1. The van der Waals surface area contributed by atoms with E-state index in [9.17, 15) is 9.90 Å². The highest BCUT2D eigenvalue weighted by Crippen LogP contribution is 2.24. The monoisotopic (exact) mass is 350 g/mol. The maximum Gasteiger partial charge on any atom is 0.224 e. The van der Waals surface area contributed by atoms with Gasteiger partial charge in [0.05, 0.1) is 25.4 Å². The number of likely N-dealkylation sites (tertiary alicyclic amines) is 1. The van der Waals surface area contributed by atoms with Crippen molar-refractivity contribution >= 4 is 5.91 Å². The number of rotatable bonds is 6. The molecule has 0 bridgehead atoms. The summed E-state index contributed by atoms with van der Waals surface area (Å²) in [5.74, 6) is 1.47. The Kier molecular flexibility index (Phi) is 5.76. The molecule has 2 fully saturated rings. The van der Waals surface area contributed by atoms with Gasteiger partial charge in [0.25, 0.3) is 0 Å². The molecule has 1 atom stereocenters. The highest BCUT2D eigenvalue weighted by Gasteiger charge is 2.39. The molecule has 140 valence electrons. The second-order valence-electron chi connectivity index (χ2n) is 7.56. The summed E-state index contributed by atoms with van der Waals surface area (Å²) < 4.78 is 7.41. The Morgan fingerprint density at radius 2 is 2.12 bits per heavy atom. The first-order valence-electron chi connectivity index (χ1n) is 9.28. The lowest BCUT2D eigenvalue weighted by Crippen LogP contribution is -2.49. The molecule has 1 amide bonds. The quantitative estimate of drug-likeness (QED) is 0.817. The van der Waals surface area contributed by atoms with Crippen molar-refractivity contribution in [3.05, 3.63) is 18.2 Å². The van der Waals surface area contributed by atoms with Crippen molar-refractivity contribution in [1.82, 2.24) is 19.4 Å². The fourth-order valence-electron chi connectivity index (χ4n) is 3.76. The Hall–Kier alpha value is -1.44. The summed E-state index contributed by atoms with van der Waals surface area (Å²) in [7, 11) is 0. The lowest BCUT2D eigenvalue weighted by atomic mass is 10.0. The van der Waals surface area contributed by atoms with E-state index in [1.165, 1.54) is 0 Å². The zero-order chi connectivity index (χ0) is 17.9. The number of β-amino-alcohol motifs (C(OH)–C–C–N with tert-alkyl or cyclic N) is 1. The molecule has 3 heterocycles. The molecule has 25 heavy (non-hydrogen) atoms. The number of hydrogen-bond donors (Lipinski definition) is 1. The van der Waals surface area contributed by atoms with Crippen LogP contribution >= 0.6 is 0 Å². The number of carbonyl (C=O) groups excluding carboxylic acids is 1. The molecule has 7 nitrogen and oxygen atoms in total. The molecule has 7 heteroatoms. The van der Waals surface area contributed by atoms with Crippen molar-refractivity contribution in [2.75, 3.05) is 45.9 Å². The van der Waals surface area contributed by atoms with E-state index >= 15 is 0 Å². The second-order valence-corrected chi connectivity index (χ2v) is 7.56. The zero-order valence-electron chi connectivity index (χ0n) is 15.4. The summed E-state index contributed by atoms with van der Waals surface area (Å²) in [5.41, 5.74) is -0.787. The van der Waals surface area contributed by atoms with Gasteiger partial charge in [-0.3, -0.25) is 9.69 Å². The highest BCUT2D eigenvalue weighted by molar-refractivity contribution is 5.76. The number of nitrogens with zero attached hydrogens (tertiary/aromatic N) is 4. The fraction of sp³-hybridized carbons (Fsp3) is 0.778. The largest absolute Gasteiger partial charge is 0.387 e. The van der Waals surface area contributed by atoms with Crippen LogP contribution < -0.4 is 0 Å². The Morgan fingerprint density at radius 1 is 1.36 bits per heavy atom. The minimum absolute atomic E-state index is 0.112. The second kappa shape index (κ2) is 7.85. The van der Waals surface area contributed by atoms with Gasteiger partial charge in [-0.2, -0.15) is 0 Å². The number of morpholine rings is 1. The van der Waals surface area contributed by atoms with Gasteiger partial charge in [-0.1, -0.05) is 13.8 Å². The molecular weight excluding hydrogens is 320 g/mol. The van der Waals surface area contributed by atoms with Gasteiger partial charge in [0, 0.05) is 57.5 Å². The van der Waals surface area contributed by atoms with Crippen LogP contribution in [-0.4, -0.2) is 81.9 Å². The highest BCUT2D eigenvalue weighted by atomic mass is 16.5. The Labute approximate surface area is 149 Å². The lowest BCUT2D eigenvalue weighted by Gasteiger charge is -2.33. The van der Waals surface area contributed by atoms with Crippen LogP contribution in [0.4, 0.5) is 0 Å². The number of aromatic nitrogens is 2. The molecule has 0 spiro atoms. The summed E-state index contributed by atoms with van der Waals surface area (Å²) in [6.45, 7) is 9.71. The number of aliphatic hydroxyl groups is 1. The summed E-state index contributed by atoms with van der Waals surface area (Å²) in [6, 6.07) is 0. The minimum Gasteiger partial charge on any atom is -0.387 e. The Morgan fingerprint density at radius 3 is 2.84 bits per heavy atom. The normalized spacial score (nSPS) is 25.0. The Balaban J connectivity index is 1.49. The maximum atomic E-state index is 12.5. The van der Waals surface area contributed by atoms with Crippen LogP contribution in [0.15, 0.2) is 12.4 Å². The number of amides is 1. The van der Waals surface area contributed by atoms with E-state index < -0.39 is 5.60 Å². The molecule has 3 rings (SSSR count). The van der Waals surface area contributed by atoms with Gasteiger partial charge in [0.1, 0.15) is 5.82 Å². The van der Waals surface area contributed by atoms with Crippen molar-refractivity contribution in [2.24, 2.45) is 0 Å². The van der Waals surface area contributed by atoms with E-state index in [4.69, 9.17) is 4.74 Å². The molecule has 0 unspecified atom stereocenters. The van der Waals surface area contributed by atoms with Crippen molar-refractivity contribution in [1.29, 1.82) is 0 Å². The van der Waals surface area contributed by atoms with Crippen LogP contribution in [0.1, 0.15) is 38.4 Å². The molecule has 0 aromatic carbocycles. The van der Waals surface area contributed by atoms with Gasteiger partial charge in [-0.05, 0) is 6.42 Å². The maximum absolute atomic E-state index is 12.5. The van der Waals surface area contributed by atoms with Gasteiger partial charge in [0.2, 0.25) is 5.91 Å². The SMILES string of the molecule is CC(C)c1nccn1CCC(=O)N1CC[C@](O)(CN2CCOCC2)C1. The molecular formula is C18H30N4O3. The Bertz CT molecular complexity index is 583. The van der Waals surface area contributed by atoms with E-state index in [0.717, 1.165) is 32.1 Å². The van der Waals surface area contributed by atoms with Gasteiger partial charge >= 0.3 is 0 Å². The van der Waals surface area contributed by atoms with Crippen molar-refractivity contribution in [3.63, 3.8) is 0 Å².